The van der Waals surface area contributed by atoms with Gasteiger partial charge in [-0.2, -0.15) is 5.10 Å². The molecule has 0 aliphatic carbocycles. The fourth-order valence-electron chi connectivity index (χ4n) is 2.50. The molecule has 0 amide bonds. The Hall–Kier alpha value is -1.91. The van der Waals surface area contributed by atoms with Gasteiger partial charge in [0.25, 0.3) is 0 Å². The molecule has 1 aliphatic heterocycles. The van der Waals surface area contributed by atoms with Crippen LogP contribution in [-0.4, -0.2) is 28.7 Å². The molecule has 1 N–H and O–H groups in total. The number of piperidine rings is 1. The van der Waals surface area contributed by atoms with E-state index in [4.69, 9.17) is 11.6 Å². The second-order valence-electron chi connectivity index (χ2n) is 5.41. The minimum Gasteiger partial charge on any atom is -0.298 e. The molecule has 22 heavy (non-hydrogen) atoms. The van der Waals surface area contributed by atoms with E-state index in [1.54, 1.807) is 12.3 Å². The number of hydrazone groups is 1. The van der Waals surface area contributed by atoms with Crippen LogP contribution >= 0.6 is 11.6 Å². The number of benzene rings is 1. The Balaban J connectivity index is 1.49. The molecule has 0 spiro atoms. The lowest BCUT2D eigenvalue weighted by atomic mass is 10.1. The van der Waals surface area contributed by atoms with Gasteiger partial charge >= 0.3 is 0 Å². The fraction of sp³-hybridized carbons (Fsp3) is 0.294. The summed E-state index contributed by atoms with van der Waals surface area (Å²) in [5.74, 6) is 0.726. The van der Waals surface area contributed by atoms with Crippen molar-refractivity contribution in [3.05, 3.63) is 59.2 Å². The van der Waals surface area contributed by atoms with E-state index in [1.165, 1.54) is 11.3 Å². The summed E-state index contributed by atoms with van der Waals surface area (Å²) in [6, 6.07) is 14.2. The highest BCUT2D eigenvalue weighted by atomic mass is 35.5. The summed E-state index contributed by atoms with van der Waals surface area (Å²) in [6.07, 6.45) is 3.60. The first kappa shape index (κ1) is 15.0. The zero-order chi connectivity index (χ0) is 15.2. The maximum Gasteiger partial charge on any atom is 0.146 e. The molecule has 114 valence electrons. The zero-order valence-corrected chi connectivity index (χ0v) is 13.1. The molecule has 3 rings (SSSR count). The van der Waals surface area contributed by atoms with Gasteiger partial charge in [0.05, 0.1) is 5.02 Å². The highest BCUT2D eigenvalue weighted by Gasteiger charge is 2.15. The van der Waals surface area contributed by atoms with E-state index < -0.39 is 0 Å². The van der Waals surface area contributed by atoms with Crippen LogP contribution in [-0.2, 0) is 6.54 Å². The number of hydrogen-bond acceptors (Lipinski definition) is 4. The van der Waals surface area contributed by atoms with E-state index in [1.807, 2.05) is 6.07 Å². The molecule has 0 unspecified atom stereocenters. The van der Waals surface area contributed by atoms with Gasteiger partial charge in [-0.3, -0.25) is 10.3 Å². The van der Waals surface area contributed by atoms with E-state index in [2.05, 4.69) is 50.7 Å². The number of hydrogen-bond donors (Lipinski definition) is 1. The largest absolute Gasteiger partial charge is 0.298 e. The van der Waals surface area contributed by atoms with Gasteiger partial charge in [-0.1, -0.05) is 41.9 Å². The Morgan fingerprint density at radius 1 is 1.09 bits per heavy atom. The molecule has 1 fully saturated rings. The van der Waals surface area contributed by atoms with Gasteiger partial charge in [0, 0.05) is 44.4 Å². The molecular formula is C17H19ClN4. The lowest BCUT2D eigenvalue weighted by Gasteiger charge is -2.27. The van der Waals surface area contributed by atoms with Gasteiger partial charge in [0.15, 0.2) is 0 Å². The Morgan fingerprint density at radius 2 is 1.86 bits per heavy atom. The van der Waals surface area contributed by atoms with Crippen LogP contribution in [0.3, 0.4) is 0 Å². The summed E-state index contributed by atoms with van der Waals surface area (Å²) in [7, 11) is 0. The molecule has 1 aromatic carbocycles. The van der Waals surface area contributed by atoms with Crippen molar-refractivity contribution in [1.82, 2.24) is 9.88 Å². The monoisotopic (exact) mass is 314 g/mol. The first-order chi connectivity index (χ1) is 10.8. The number of anilines is 1. The summed E-state index contributed by atoms with van der Waals surface area (Å²) >= 11 is 5.81. The predicted molar refractivity (Wildman–Crippen MR) is 91.3 cm³/mol. The third-order valence-corrected chi connectivity index (χ3v) is 3.96. The standard InChI is InChI=1S/C17H19ClN4/c18-15-6-7-17(19-12-15)21-20-16-8-10-22(11-9-16)13-14-4-2-1-3-5-14/h1-7,12H,8-11,13H2,(H,19,21). The van der Waals surface area contributed by atoms with Crippen molar-refractivity contribution in [1.29, 1.82) is 0 Å². The summed E-state index contributed by atoms with van der Waals surface area (Å²) in [5.41, 5.74) is 5.57. The Morgan fingerprint density at radius 3 is 2.55 bits per heavy atom. The van der Waals surface area contributed by atoms with E-state index in [0.29, 0.717) is 5.02 Å². The van der Waals surface area contributed by atoms with Crippen molar-refractivity contribution in [3.8, 4) is 0 Å². The molecule has 0 bridgehead atoms. The first-order valence-corrected chi connectivity index (χ1v) is 7.87. The average Bonchev–Trinajstić information content (AvgIpc) is 2.57. The van der Waals surface area contributed by atoms with E-state index in [0.717, 1.165) is 38.3 Å². The van der Waals surface area contributed by atoms with Crippen LogP contribution in [0.2, 0.25) is 5.02 Å². The van der Waals surface area contributed by atoms with Crippen LogP contribution in [0.1, 0.15) is 18.4 Å². The van der Waals surface area contributed by atoms with Crippen LogP contribution < -0.4 is 5.43 Å². The summed E-state index contributed by atoms with van der Waals surface area (Å²) in [6.45, 7) is 3.10. The molecule has 4 nitrogen and oxygen atoms in total. The molecule has 1 aromatic heterocycles. The number of nitrogens with one attached hydrogen (secondary N) is 1. The Bertz CT molecular complexity index is 615. The van der Waals surface area contributed by atoms with Gasteiger partial charge in [0.1, 0.15) is 5.82 Å². The summed E-state index contributed by atoms with van der Waals surface area (Å²) in [5, 5.41) is 5.09. The van der Waals surface area contributed by atoms with Crippen molar-refractivity contribution in [2.75, 3.05) is 18.5 Å². The third-order valence-electron chi connectivity index (χ3n) is 3.74. The fourth-order valence-corrected chi connectivity index (χ4v) is 2.61. The van der Waals surface area contributed by atoms with Crippen LogP contribution in [0.25, 0.3) is 0 Å². The number of rotatable bonds is 4. The maximum absolute atomic E-state index is 5.81. The van der Waals surface area contributed by atoms with Crippen molar-refractivity contribution < 1.29 is 0 Å². The predicted octanol–water partition coefficient (Wildman–Crippen LogP) is 3.80. The zero-order valence-electron chi connectivity index (χ0n) is 12.4. The summed E-state index contributed by atoms with van der Waals surface area (Å²) in [4.78, 5) is 6.64. The average molecular weight is 315 g/mol. The third kappa shape index (κ3) is 4.29. The van der Waals surface area contributed by atoms with Crippen molar-refractivity contribution in [2.24, 2.45) is 5.10 Å². The van der Waals surface area contributed by atoms with Gasteiger partial charge in [-0.05, 0) is 17.7 Å². The van der Waals surface area contributed by atoms with E-state index >= 15 is 0 Å². The van der Waals surface area contributed by atoms with Crippen LogP contribution in [0.5, 0.6) is 0 Å². The molecular weight excluding hydrogens is 296 g/mol. The molecule has 5 heteroatoms. The molecule has 0 radical (unpaired) electrons. The summed E-state index contributed by atoms with van der Waals surface area (Å²) < 4.78 is 0. The van der Waals surface area contributed by atoms with Crippen molar-refractivity contribution in [2.45, 2.75) is 19.4 Å². The highest BCUT2D eigenvalue weighted by Crippen LogP contribution is 2.13. The normalized spacial score (nSPS) is 15.6. The molecule has 1 saturated heterocycles. The smallest absolute Gasteiger partial charge is 0.146 e. The first-order valence-electron chi connectivity index (χ1n) is 7.49. The van der Waals surface area contributed by atoms with E-state index in [9.17, 15) is 0 Å². The number of nitrogens with zero attached hydrogens (tertiary/aromatic N) is 3. The van der Waals surface area contributed by atoms with Crippen LogP contribution in [0.15, 0.2) is 53.8 Å². The molecule has 2 aromatic rings. The Kier molecular flexibility index (Phi) is 5.03. The quantitative estimate of drug-likeness (QED) is 0.873. The Labute approximate surface area is 135 Å². The molecule has 1 aliphatic rings. The minimum absolute atomic E-state index is 0.632. The van der Waals surface area contributed by atoms with E-state index in [-0.39, 0.29) is 0 Å². The molecule has 0 atom stereocenters. The molecule has 0 saturated carbocycles. The molecule has 2 heterocycles. The van der Waals surface area contributed by atoms with Crippen molar-refractivity contribution >= 4 is 23.1 Å². The maximum atomic E-state index is 5.81. The van der Waals surface area contributed by atoms with Gasteiger partial charge < -0.3 is 0 Å². The second kappa shape index (κ2) is 7.38. The second-order valence-corrected chi connectivity index (χ2v) is 5.85. The SMILES string of the molecule is Clc1ccc(NN=C2CCN(Cc3ccccc3)CC2)nc1. The number of pyridine rings is 1. The van der Waals surface area contributed by atoms with Gasteiger partial charge in [-0.25, -0.2) is 4.98 Å². The number of likely N-dealkylation sites (tertiary alicyclic amines) is 1. The topological polar surface area (TPSA) is 40.5 Å². The lowest BCUT2D eigenvalue weighted by molar-refractivity contribution is 0.266. The van der Waals surface area contributed by atoms with Crippen LogP contribution in [0, 0.1) is 0 Å². The number of aromatic nitrogens is 1. The van der Waals surface area contributed by atoms with Crippen LogP contribution in [0.4, 0.5) is 5.82 Å². The lowest BCUT2D eigenvalue weighted by Crippen LogP contribution is -2.33. The number of halogens is 1. The van der Waals surface area contributed by atoms with Crippen molar-refractivity contribution in [3.63, 3.8) is 0 Å². The van der Waals surface area contributed by atoms with Gasteiger partial charge in [0.2, 0.25) is 0 Å². The highest BCUT2D eigenvalue weighted by molar-refractivity contribution is 6.30. The van der Waals surface area contributed by atoms with Gasteiger partial charge in [-0.15, -0.1) is 0 Å². The minimum atomic E-state index is 0.632.